The van der Waals surface area contributed by atoms with E-state index in [1.54, 1.807) is 24.3 Å². The van der Waals surface area contributed by atoms with E-state index in [9.17, 15) is 37.8 Å². The Morgan fingerprint density at radius 1 is 0.913 bits per heavy atom. The number of aliphatic carboxylic acids is 1. The summed E-state index contributed by atoms with van der Waals surface area (Å²) in [6.07, 6.45) is -6.59. The van der Waals surface area contributed by atoms with Gasteiger partial charge in [0.1, 0.15) is 17.7 Å². The molecule has 0 aliphatic carbocycles. The first-order valence-electron chi connectivity index (χ1n) is 13.7. The number of aliphatic hydroxyl groups excluding tert-OH is 1. The van der Waals surface area contributed by atoms with Crippen LogP contribution in [0, 0.1) is 0 Å². The van der Waals surface area contributed by atoms with Gasteiger partial charge in [0.25, 0.3) is 0 Å². The van der Waals surface area contributed by atoms with Crippen LogP contribution >= 0.6 is 11.6 Å². The van der Waals surface area contributed by atoms with Crippen molar-refractivity contribution >= 4 is 35.1 Å². The Morgan fingerprint density at radius 3 is 2.13 bits per heavy atom. The lowest BCUT2D eigenvalue weighted by Gasteiger charge is -2.27. The van der Waals surface area contributed by atoms with Gasteiger partial charge < -0.3 is 25.0 Å². The van der Waals surface area contributed by atoms with Gasteiger partial charge in [-0.25, -0.2) is 4.79 Å². The van der Waals surface area contributed by atoms with Crippen LogP contribution in [0.2, 0.25) is 5.02 Å². The van der Waals surface area contributed by atoms with E-state index in [1.807, 2.05) is 0 Å². The first kappa shape index (κ1) is 34.0. The van der Waals surface area contributed by atoms with Gasteiger partial charge in [-0.05, 0) is 77.4 Å². The van der Waals surface area contributed by atoms with Crippen LogP contribution in [0.1, 0.15) is 38.8 Å². The van der Waals surface area contributed by atoms with Crippen LogP contribution in [0.15, 0.2) is 91.0 Å². The number of hydrogen-bond donors (Lipinski definition) is 3. The predicted octanol–water partition coefficient (Wildman–Crippen LogP) is 6.35. The van der Waals surface area contributed by atoms with E-state index in [4.69, 9.17) is 21.1 Å². The Labute approximate surface area is 266 Å². The normalized spacial score (nSPS) is 12.0. The number of amides is 1. The lowest BCUT2D eigenvalue weighted by Crippen LogP contribution is -2.33. The zero-order valence-electron chi connectivity index (χ0n) is 24.3. The number of carboxylic acids is 1. The molecule has 0 saturated carbocycles. The topological polar surface area (TPSA) is 125 Å². The van der Waals surface area contributed by atoms with Crippen LogP contribution < -0.4 is 14.8 Å². The largest absolute Gasteiger partial charge is 0.497 e. The Morgan fingerprint density at radius 2 is 1.54 bits per heavy atom. The monoisotopic (exact) mass is 656 g/mol. The summed E-state index contributed by atoms with van der Waals surface area (Å²) in [7, 11) is 1.24. The van der Waals surface area contributed by atoms with Crippen molar-refractivity contribution in [3.05, 3.63) is 124 Å². The summed E-state index contributed by atoms with van der Waals surface area (Å²) in [5.41, 5.74) is 0.288. The third-order valence-electron chi connectivity index (χ3n) is 6.75. The Balaban J connectivity index is 1.39. The van der Waals surface area contributed by atoms with E-state index in [0.717, 1.165) is 6.07 Å². The number of halogens is 4. The fraction of sp³-hybridized carbons (Fsp3) is 0.182. The third-order valence-corrected chi connectivity index (χ3v) is 7.00. The number of carbonyl (C=O) groups is 3. The first-order chi connectivity index (χ1) is 21.8. The van der Waals surface area contributed by atoms with Crippen molar-refractivity contribution in [2.45, 2.75) is 25.4 Å². The van der Waals surface area contributed by atoms with Crippen LogP contribution in [-0.4, -0.2) is 46.6 Å². The molecule has 4 rings (SSSR count). The summed E-state index contributed by atoms with van der Waals surface area (Å²) >= 11 is 5.84. The molecule has 0 bridgehead atoms. The summed E-state index contributed by atoms with van der Waals surface area (Å²) in [5, 5.41) is 23.5. The smallest absolute Gasteiger partial charge is 0.416 e. The van der Waals surface area contributed by atoms with Crippen molar-refractivity contribution in [1.29, 1.82) is 0 Å². The number of alkyl halides is 3. The van der Waals surface area contributed by atoms with Gasteiger partial charge in [0, 0.05) is 17.3 Å². The van der Waals surface area contributed by atoms with E-state index in [1.165, 1.54) is 72.7 Å². The van der Waals surface area contributed by atoms with Gasteiger partial charge in [0.05, 0.1) is 31.2 Å². The molecule has 46 heavy (non-hydrogen) atoms. The number of carboxylic acid groups (broad SMARTS) is 1. The third kappa shape index (κ3) is 9.30. The number of aliphatic hydroxyl groups is 1. The predicted molar refractivity (Wildman–Crippen MR) is 163 cm³/mol. The van der Waals surface area contributed by atoms with Gasteiger partial charge in [0.15, 0.2) is 0 Å². The number of rotatable bonds is 12. The number of benzene rings is 4. The molecule has 0 spiro atoms. The van der Waals surface area contributed by atoms with Crippen molar-refractivity contribution in [3.63, 3.8) is 0 Å². The number of nitrogens with zero attached hydrogens (tertiary/aromatic N) is 1. The number of methoxy groups -OCH3 is 1. The van der Waals surface area contributed by atoms with Gasteiger partial charge >= 0.3 is 18.1 Å². The highest BCUT2D eigenvalue weighted by Gasteiger charge is 2.34. The van der Waals surface area contributed by atoms with E-state index < -0.39 is 48.8 Å². The van der Waals surface area contributed by atoms with Crippen LogP contribution in [0.3, 0.4) is 0 Å². The lowest BCUT2D eigenvalue weighted by molar-refractivity contribution is -0.142. The molecule has 4 aromatic rings. The zero-order valence-corrected chi connectivity index (χ0v) is 25.0. The number of anilines is 1. The van der Waals surface area contributed by atoms with E-state index in [2.05, 4.69) is 5.32 Å². The summed E-state index contributed by atoms with van der Waals surface area (Å²) in [5.74, 6) is -2.20. The molecule has 4 aromatic carbocycles. The quantitative estimate of drug-likeness (QED) is 0.0916. The molecular weight excluding hydrogens is 629 g/mol. The molecule has 3 N–H and O–H groups in total. The molecule has 0 aliphatic rings. The number of nitrogens with one attached hydrogen (secondary N) is 1. The summed E-state index contributed by atoms with van der Waals surface area (Å²) in [4.78, 5) is 37.8. The SMILES string of the molecule is COc1ccc(CC(=O)Nc2ccc(C(O)N(CC(=O)O)Cc3ccc(OC(=O)c4ccc(Cl)cc4)cc3)cc2)c(C(F)(F)F)c1. The molecule has 1 atom stereocenters. The van der Waals surface area contributed by atoms with E-state index in [0.29, 0.717) is 21.7 Å². The fourth-order valence-electron chi connectivity index (χ4n) is 4.48. The molecule has 0 saturated heterocycles. The Bertz CT molecular complexity index is 1680. The van der Waals surface area contributed by atoms with Gasteiger partial charge in [-0.15, -0.1) is 0 Å². The highest BCUT2D eigenvalue weighted by molar-refractivity contribution is 6.30. The van der Waals surface area contributed by atoms with E-state index in [-0.39, 0.29) is 29.3 Å². The minimum atomic E-state index is -4.68. The molecule has 0 radical (unpaired) electrons. The fourth-order valence-corrected chi connectivity index (χ4v) is 4.61. The minimum absolute atomic E-state index is 0.00956. The maximum atomic E-state index is 13.5. The maximum absolute atomic E-state index is 13.5. The number of ether oxygens (including phenoxy) is 2. The van der Waals surface area contributed by atoms with Crippen molar-refractivity contribution < 1.29 is 47.2 Å². The van der Waals surface area contributed by atoms with E-state index >= 15 is 0 Å². The van der Waals surface area contributed by atoms with Crippen LogP contribution in [0.4, 0.5) is 18.9 Å². The Kier molecular flexibility index (Phi) is 11.0. The second-order valence-corrected chi connectivity index (χ2v) is 10.5. The minimum Gasteiger partial charge on any atom is -0.497 e. The molecular formula is C33H28ClF3N2O7. The molecule has 0 heterocycles. The maximum Gasteiger partial charge on any atom is 0.416 e. The summed E-state index contributed by atoms with van der Waals surface area (Å²) in [6, 6.07) is 21.7. The summed E-state index contributed by atoms with van der Waals surface area (Å²) in [6.45, 7) is -0.503. The molecule has 240 valence electrons. The van der Waals surface area contributed by atoms with Crippen molar-refractivity contribution in [3.8, 4) is 11.5 Å². The van der Waals surface area contributed by atoms with Gasteiger partial charge in [0.2, 0.25) is 5.91 Å². The van der Waals surface area contributed by atoms with Gasteiger partial charge in [-0.1, -0.05) is 41.9 Å². The molecule has 13 heteroatoms. The second kappa shape index (κ2) is 14.9. The molecule has 0 aromatic heterocycles. The summed E-state index contributed by atoms with van der Waals surface area (Å²) < 4.78 is 50.7. The number of esters is 1. The number of carbonyl (C=O) groups excluding carboxylic acids is 2. The lowest BCUT2D eigenvalue weighted by atomic mass is 10.0. The standard InChI is InChI=1S/C33H28ClF3N2O7/c1-45-27-15-8-23(28(17-27)33(35,36)37)16-29(40)38-25-11-6-21(7-12-25)31(43)39(19-30(41)42)18-20-2-13-26(14-3-20)46-32(44)22-4-9-24(34)10-5-22/h2-15,17,31,43H,16,18-19H2,1H3,(H,38,40)(H,41,42). The van der Waals surface area contributed by atoms with Crippen molar-refractivity contribution in [2.75, 3.05) is 19.0 Å². The zero-order chi connectivity index (χ0) is 33.4. The first-order valence-corrected chi connectivity index (χ1v) is 14.0. The number of hydrogen-bond acceptors (Lipinski definition) is 7. The Hall–Kier alpha value is -4.91. The molecule has 0 aliphatic heterocycles. The molecule has 9 nitrogen and oxygen atoms in total. The van der Waals surface area contributed by atoms with Crippen LogP contribution in [0.5, 0.6) is 11.5 Å². The molecule has 1 unspecified atom stereocenters. The van der Waals surface area contributed by atoms with Gasteiger partial charge in [-0.3, -0.25) is 14.5 Å². The average molecular weight is 657 g/mol. The highest BCUT2D eigenvalue weighted by atomic mass is 35.5. The van der Waals surface area contributed by atoms with Gasteiger partial charge in [-0.2, -0.15) is 13.2 Å². The van der Waals surface area contributed by atoms with Crippen LogP contribution in [0.25, 0.3) is 0 Å². The molecule has 0 fully saturated rings. The van der Waals surface area contributed by atoms with Crippen LogP contribution in [-0.2, 0) is 28.7 Å². The van der Waals surface area contributed by atoms with Crippen molar-refractivity contribution in [2.24, 2.45) is 0 Å². The average Bonchev–Trinajstić information content (AvgIpc) is 3.01. The van der Waals surface area contributed by atoms with Crippen molar-refractivity contribution in [1.82, 2.24) is 4.90 Å². The molecule has 1 amide bonds. The highest BCUT2D eigenvalue weighted by Crippen LogP contribution is 2.35. The second-order valence-electron chi connectivity index (χ2n) is 10.1.